The average Bonchev–Trinajstić information content (AvgIpc) is 3.27. The fourth-order valence-corrected chi connectivity index (χ4v) is 12.0. The number of aliphatic hydroxyl groups excluding tert-OH is 1. The molecule has 65 heavy (non-hydrogen) atoms. The minimum Gasteiger partial charge on any atom is -0.388 e. The van der Waals surface area contributed by atoms with E-state index in [1.807, 2.05) is 76.4 Å². The molecule has 3 heterocycles. The van der Waals surface area contributed by atoms with Gasteiger partial charge >= 0.3 is 5.51 Å². The minimum atomic E-state index is -6.07. The van der Waals surface area contributed by atoms with Crippen LogP contribution in [-0.4, -0.2) is 95.9 Å². The van der Waals surface area contributed by atoms with Gasteiger partial charge < -0.3 is 25.5 Å². The Morgan fingerprint density at radius 2 is 1.57 bits per heavy atom. The Morgan fingerprint density at radius 3 is 2.25 bits per heavy atom. The highest BCUT2D eigenvalue weighted by molar-refractivity contribution is 7.99. The van der Waals surface area contributed by atoms with E-state index in [0.29, 0.717) is 61.4 Å². The molecule has 344 valence electrons. The van der Waals surface area contributed by atoms with E-state index in [4.69, 9.17) is 11.6 Å². The predicted molar refractivity (Wildman–Crippen MR) is 248 cm³/mol. The lowest BCUT2D eigenvalue weighted by Crippen LogP contribution is -2.71. The number of likely N-dealkylation sites (tertiary alicyclic amines) is 1. The van der Waals surface area contributed by atoms with E-state index in [1.54, 1.807) is 24.3 Å². The SMILES string of the molecule is O=C(NS(=O)(=O)c1ccc(N[C@H](CCN2CC3(CNC3)C2)CSc2ccccc2)c(S(=O)(=O)C(F)(F)F)c1)c1cccc(N2CCC([C@@H](O)c3ccccc3-c3ccc(Cl)cc3)CC2)c1. The minimum absolute atomic E-state index is 0.0352. The molecule has 11 nitrogen and oxygen atoms in total. The van der Waals surface area contributed by atoms with Crippen LogP contribution in [0.15, 0.2) is 136 Å². The number of amides is 1. The summed E-state index contributed by atoms with van der Waals surface area (Å²) >= 11 is 7.57. The fourth-order valence-electron chi connectivity index (χ4n) is 8.83. The molecule has 2 atom stereocenters. The van der Waals surface area contributed by atoms with Crippen molar-refractivity contribution in [2.45, 2.75) is 51.6 Å². The lowest BCUT2D eigenvalue weighted by atomic mass is 9.74. The van der Waals surface area contributed by atoms with Gasteiger partial charge in [0.1, 0.15) is 4.90 Å². The number of anilines is 2. The molecule has 4 N–H and O–H groups in total. The molecular weight excluding hydrogens is 919 g/mol. The molecule has 5 aromatic rings. The number of benzene rings is 5. The van der Waals surface area contributed by atoms with Gasteiger partial charge in [-0.05, 0) is 103 Å². The molecule has 0 radical (unpaired) electrons. The highest BCUT2D eigenvalue weighted by Gasteiger charge is 2.49. The van der Waals surface area contributed by atoms with E-state index in [-0.39, 0.29) is 16.9 Å². The molecule has 0 saturated carbocycles. The number of piperidine rings is 1. The number of nitrogens with zero attached hydrogens (tertiary/aromatic N) is 2. The number of carbonyl (C=O) groups is 1. The third-order valence-electron chi connectivity index (χ3n) is 12.4. The fraction of sp³-hybridized carbons (Fsp3) is 0.340. The molecule has 0 bridgehead atoms. The van der Waals surface area contributed by atoms with Crippen molar-refractivity contribution in [1.29, 1.82) is 0 Å². The predicted octanol–water partition coefficient (Wildman–Crippen LogP) is 8.24. The summed E-state index contributed by atoms with van der Waals surface area (Å²) in [6, 6.07) is 32.7. The Bertz CT molecular complexity index is 2710. The maximum atomic E-state index is 14.2. The second-order valence-corrected chi connectivity index (χ2v) is 22.1. The van der Waals surface area contributed by atoms with Gasteiger partial charge in [0.05, 0.1) is 16.7 Å². The van der Waals surface area contributed by atoms with Crippen LogP contribution in [0.2, 0.25) is 5.02 Å². The summed E-state index contributed by atoms with van der Waals surface area (Å²) in [5, 5.41) is 18.5. The Kier molecular flexibility index (Phi) is 13.9. The van der Waals surface area contributed by atoms with Crippen molar-refractivity contribution < 1.29 is 39.9 Å². The number of thioether (sulfide) groups is 1. The van der Waals surface area contributed by atoms with Crippen LogP contribution in [0, 0.1) is 11.3 Å². The van der Waals surface area contributed by atoms with Gasteiger partial charge in [0.15, 0.2) is 0 Å². The zero-order valence-corrected chi connectivity index (χ0v) is 38.4. The van der Waals surface area contributed by atoms with Crippen LogP contribution in [0.3, 0.4) is 0 Å². The summed E-state index contributed by atoms with van der Waals surface area (Å²) in [5.74, 6) is -0.738. The molecule has 0 aliphatic carbocycles. The summed E-state index contributed by atoms with van der Waals surface area (Å²) in [6.07, 6.45) is 0.983. The number of hydrogen-bond acceptors (Lipinski definition) is 11. The second-order valence-electron chi connectivity index (χ2n) is 17.0. The first-order valence-electron chi connectivity index (χ1n) is 21.3. The highest BCUT2D eigenvalue weighted by atomic mass is 35.5. The molecular formula is C47H49ClF3N5O6S3. The number of carbonyl (C=O) groups excluding carboxylic acids is 1. The first-order valence-corrected chi connectivity index (χ1v) is 25.6. The molecule has 1 spiro atoms. The molecule has 3 aliphatic heterocycles. The maximum Gasteiger partial charge on any atom is 0.501 e. The van der Waals surface area contributed by atoms with E-state index in [1.165, 1.54) is 23.9 Å². The molecule has 8 rings (SSSR count). The van der Waals surface area contributed by atoms with Crippen LogP contribution in [0.5, 0.6) is 0 Å². The van der Waals surface area contributed by atoms with Crippen LogP contribution in [-0.2, 0) is 19.9 Å². The van der Waals surface area contributed by atoms with Crippen LogP contribution >= 0.6 is 23.4 Å². The van der Waals surface area contributed by atoms with Crippen molar-refractivity contribution in [2.24, 2.45) is 11.3 Å². The zero-order valence-electron chi connectivity index (χ0n) is 35.2. The number of sulfonamides is 1. The number of hydrogen-bond donors (Lipinski definition) is 4. The van der Waals surface area contributed by atoms with Gasteiger partial charge in [-0.2, -0.15) is 13.2 Å². The normalized spacial score (nSPS) is 17.8. The number of halogens is 4. The topological polar surface area (TPSA) is 148 Å². The molecule has 3 fully saturated rings. The van der Waals surface area contributed by atoms with E-state index in [9.17, 15) is 39.9 Å². The van der Waals surface area contributed by atoms with Crippen molar-refractivity contribution in [2.75, 3.05) is 61.8 Å². The van der Waals surface area contributed by atoms with E-state index < -0.39 is 58.9 Å². The molecule has 3 aliphatic rings. The van der Waals surface area contributed by atoms with Gasteiger partial charge in [0.25, 0.3) is 25.8 Å². The Hall–Kier alpha value is -4.62. The number of alkyl halides is 3. The lowest BCUT2D eigenvalue weighted by Gasteiger charge is -2.56. The number of aliphatic hydroxyl groups is 1. The largest absolute Gasteiger partial charge is 0.501 e. The van der Waals surface area contributed by atoms with Crippen LogP contribution in [0.25, 0.3) is 11.1 Å². The van der Waals surface area contributed by atoms with E-state index in [2.05, 4.69) is 15.5 Å². The molecule has 18 heteroatoms. The van der Waals surface area contributed by atoms with E-state index >= 15 is 0 Å². The van der Waals surface area contributed by atoms with Gasteiger partial charge in [-0.3, -0.25) is 4.79 Å². The van der Waals surface area contributed by atoms with Crippen LogP contribution in [0.1, 0.15) is 41.3 Å². The van der Waals surface area contributed by atoms with Gasteiger partial charge in [-0.25, -0.2) is 21.6 Å². The smallest absolute Gasteiger partial charge is 0.388 e. The van der Waals surface area contributed by atoms with Crippen LogP contribution in [0.4, 0.5) is 24.5 Å². The number of sulfone groups is 1. The zero-order chi connectivity index (χ0) is 46.0. The molecule has 1 amide bonds. The van der Waals surface area contributed by atoms with E-state index in [0.717, 1.165) is 59.9 Å². The van der Waals surface area contributed by atoms with Crippen molar-refractivity contribution in [3.05, 3.63) is 137 Å². The van der Waals surface area contributed by atoms with Crippen LogP contribution < -0.4 is 20.3 Å². The van der Waals surface area contributed by atoms with Gasteiger partial charge in [-0.15, -0.1) is 11.8 Å². The van der Waals surface area contributed by atoms with Crippen molar-refractivity contribution in [3.8, 4) is 11.1 Å². The molecule has 0 aromatic heterocycles. The lowest BCUT2D eigenvalue weighted by molar-refractivity contribution is -0.0435. The number of rotatable bonds is 16. The average molecular weight is 969 g/mol. The first kappa shape index (κ1) is 46.9. The monoisotopic (exact) mass is 967 g/mol. The molecule has 3 saturated heterocycles. The summed E-state index contributed by atoms with van der Waals surface area (Å²) in [7, 11) is -11.0. The van der Waals surface area contributed by atoms with Crippen molar-refractivity contribution in [3.63, 3.8) is 0 Å². The van der Waals surface area contributed by atoms with Gasteiger partial charge in [0, 0.05) is 84.2 Å². The molecule has 0 unspecified atom stereocenters. The summed E-state index contributed by atoms with van der Waals surface area (Å²) in [6.45, 7) is 5.35. The summed E-state index contributed by atoms with van der Waals surface area (Å²) in [5.41, 5.74) is -2.64. The Morgan fingerprint density at radius 1 is 0.877 bits per heavy atom. The maximum absolute atomic E-state index is 14.2. The van der Waals surface area contributed by atoms with Gasteiger partial charge in [0.2, 0.25) is 0 Å². The van der Waals surface area contributed by atoms with Crippen molar-refractivity contribution in [1.82, 2.24) is 14.9 Å². The Labute approximate surface area is 386 Å². The summed E-state index contributed by atoms with van der Waals surface area (Å²) < 4.78 is 98.2. The highest BCUT2D eigenvalue weighted by Crippen LogP contribution is 2.40. The standard InChI is InChI=1S/C47H49ClF3N5O6S3/c48-35-15-13-32(14-16-35)40-11-4-5-12-41(40)44(57)33-19-23-56(24-20-33)37-8-6-7-34(25-37)45(58)54-65(61,62)39-17-18-42(43(26-39)64(59,60)47(49,50)51)53-36(27-63-38-9-2-1-3-10-38)21-22-55-30-46(31-55)28-52-29-46/h1-18,25-26,33,36,44,52-53,57H,19-24,27-31H2,(H,54,58)/t36-,44-/m1/s1. The number of nitrogens with one attached hydrogen (secondary N) is 3. The first-order chi connectivity index (χ1) is 31.0. The van der Waals surface area contributed by atoms with Crippen molar-refractivity contribution >= 4 is 60.5 Å². The molecule has 5 aromatic carbocycles. The van der Waals surface area contributed by atoms with Gasteiger partial charge in [-0.1, -0.05) is 72.3 Å². The third kappa shape index (κ3) is 10.7. The quantitative estimate of drug-likeness (QED) is 0.0710. The third-order valence-corrected chi connectivity index (χ3v) is 16.7. The second kappa shape index (κ2) is 19.3. The Balaban J connectivity index is 0.955. The summed E-state index contributed by atoms with van der Waals surface area (Å²) in [4.78, 5) is 16.6.